The second-order valence-electron chi connectivity index (χ2n) is 6.47. The van der Waals surface area contributed by atoms with Crippen LogP contribution in [0.5, 0.6) is 0 Å². The summed E-state index contributed by atoms with van der Waals surface area (Å²) in [6.45, 7) is 1.83. The molecule has 0 aliphatic rings. The lowest BCUT2D eigenvalue weighted by atomic mass is 10.1. The highest BCUT2D eigenvalue weighted by Gasteiger charge is 2.20. The first-order chi connectivity index (χ1) is 14.8. The minimum Gasteiger partial charge on any atom is -0.322 e. The van der Waals surface area contributed by atoms with Crippen LogP contribution in [0, 0.1) is 30.2 Å². The monoisotopic (exact) mass is 448 g/mol. The molecule has 0 bridgehead atoms. The summed E-state index contributed by atoms with van der Waals surface area (Å²) in [4.78, 5) is 24.9. The molecule has 0 atom stereocenters. The SMILES string of the molecule is Cc1ccccc1C(=O)Nc1ccc(SCC(=O)Nc2c(F)c(F)cc(F)c2F)cc1. The summed E-state index contributed by atoms with van der Waals surface area (Å²) in [6.07, 6.45) is 0. The van der Waals surface area contributed by atoms with E-state index < -0.39 is 34.9 Å². The minimum absolute atomic E-state index is 0.0640. The molecule has 0 heterocycles. The highest BCUT2D eigenvalue weighted by Crippen LogP contribution is 2.25. The van der Waals surface area contributed by atoms with Crippen LogP contribution in [-0.4, -0.2) is 17.6 Å². The fourth-order valence-electron chi connectivity index (χ4n) is 2.67. The number of hydrogen-bond acceptors (Lipinski definition) is 3. The molecule has 0 radical (unpaired) electrons. The van der Waals surface area contributed by atoms with Crippen molar-refractivity contribution in [3.05, 3.63) is 89.0 Å². The second-order valence-corrected chi connectivity index (χ2v) is 7.52. The molecule has 4 nitrogen and oxygen atoms in total. The maximum atomic E-state index is 13.6. The van der Waals surface area contributed by atoms with Crippen molar-refractivity contribution < 1.29 is 27.2 Å². The van der Waals surface area contributed by atoms with E-state index in [0.29, 0.717) is 16.1 Å². The summed E-state index contributed by atoms with van der Waals surface area (Å²) >= 11 is 1.04. The zero-order valence-corrected chi connectivity index (χ0v) is 17.0. The van der Waals surface area contributed by atoms with Crippen molar-refractivity contribution >= 4 is 35.0 Å². The summed E-state index contributed by atoms with van der Waals surface area (Å²) in [7, 11) is 0. The van der Waals surface area contributed by atoms with Gasteiger partial charge in [0, 0.05) is 22.2 Å². The summed E-state index contributed by atoms with van der Waals surface area (Å²) in [5.41, 5.74) is 0.758. The van der Waals surface area contributed by atoms with Crippen molar-refractivity contribution in [1.29, 1.82) is 0 Å². The van der Waals surface area contributed by atoms with E-state index in [2.05, 4.69) is 5.32 Å². The Morgan fingerprint density at radius 2 is 1.48 bits per heavy atom. The highest BCUT2D eigenvalue weighted by molar-refractivity contribution is 8.00. The van der Waals surface area contributed by atoms with E-state index in [4.69, 9.17) is 0 Å². The van der Waals surface area contributed by atoms with Crippen LogP contribution in [0.15, 0.2) is 59.5 Å². The lowest BCUT2D eigenvalue weighted by Crippen LogP contribution is -2.17. The van der Waals surface area contributed by atoms with Crippen molar-refractivity contribution in [2.75, 3.05) is 16.4 Å². The predicted molar refractivity (Wildman–Crippen MR) is 111 cm³/mol. The van der Waals surface area contributed by atoms with Gasteiger partial charge < -0.3 is 10.6 Å². The zero-order chi connectivity index (χ0) is 22.5. The fourth-order valence-corrected chi connectivity index (χ4v) is 3.37. The molecular formula is C22H16F4N2O2S. The second kappa shape index (κ2) is 9.65. The third-order valence-electron chi connectivity index (χ3n) is 4.25. The number of hydrogen-bond donors (Lipinski definition) is 2. The first-order valence-electron chi connectivity index (χ1n) is 8.99. The molecule has 0 saturated carbocycles. The van der Waals surface area contributed by atoms with Crippen molar-refractivity contribution in [3.63, 3.8) is 0 Å². The number of anilines is 2. The number of rotatable bonds is 6. The zero-order valence-electron chi connectivity index (χ0n) is 16.1. The van der Waals surface area contributed by atoms with Gasteiger partial charge in [0.25, 0.3) is 5.91 Å². The number of carbonyl (C=O) groups excluding carboxylic acids is 2. The molecule has 2 N–H and O–H groups in total. The lowest BCUT2D eigenvalue weighted by Gasteiger charge is -2.10. The minimum atomic E-state index is -1.68. The predicted octanol–water partition coefficient (Wildman–Crippen LogP) is 5.53. The molecular weight excluding hydrogens is 432 g/mol. The third kappa shape index (κ3) is 5.43. The topological polar surface area (TPSA) is 58.2 Å². The Balaban J connectivity index is 1.58. The highest BCUT2D eigenvalue weighted by atomic mass is 32.2. The number of amides is 2. The standard InChI is InChI=1S/C22H16F4N2O2S/c1-12-4-2-3-5-15(12)22(30)27-13-6-8-14(9-7-13)31-11-18(29)28-21-19(25)16(23)10-17(24)20(21)26/h2-10H,11H2,1H3,(H,27,30)(H,28,29). The van der Waals surface area contributed by atoms with E-state index in [9.17, 15) is 27.2 Å². The van der Waals surface area contributed by atoms with Gasteiger partial charge >= 0.3 is 0 Å². The van der Waals surface area contributed by atoms with Crippen LogP contribution in [0.2, 0.25) is 0 Å². The Morgan fingerprint density at radius 1 is 0.871 bits per heavy atom. The van der Waals surface area contributed by atoms with Gasteiger partial charge in [-0.3, -0.25) is 9.59 Å². The van der Waals surface area contributed by atoms with E-state index in [1.54, 1.807) is 36.4 Å². The normalized spacial score (nSPS) is 10.6. The van der Waals surface area contributed by atoms with E-state index in [0.717, 1.165) is 17.3 Å². The number of aryl methyl sites for hydroxylation is 1. The largest absolute Gasteiger partial charge is 0.322 e. The number of halogens is 4. The van der Waals surface area contributed by atoms with Gasteiger partial charge in [-0.05, 0) is 42.8 Å². The number of nitrogens with one attached hydrogen (secondary N) is 2. The van der Waals surface area contributed by atoms with Crippen LogP contribution < -0.4 is 10.6 Å². The molecule has 0 saturated heterocycles. The van der Waals surface area contributed by atoms with Gasteiger partial charge in [-0.2, -0.15) is 0 Å². The van der Waals surface area contributed by atoms with Crippen LogP contribution in [-0.2, 0) is 4.79 Å². The molecule has 3 rings (SSSR count). The molecule has 160 valence electrons. The van der Waals surface area contributed by atoms with Crippen LogP contribution in [0.25, 0.3) is 0 Å². The maximum Gasteiger partial charge on any atom is 0.255 e. The molecule has 31 heavy (non-hydrogen) atoms. The average Bonchev–Trinajstić information content (AvgIpc) is 2.75. The molecule has 3 aromatic rings. The number of carbonyl (C=O) groups is 2. The maximum absolute atomic E-state index is 13.6. The van der Waals surface area contributed by atoms with Crippen molar-refractivity contribution in [2.24, 2.45) is 0 Å². The van der Waals surface area contributed by atoms with Gasteiger partial charge in [0.05, 0.1) is 5.75 Å². The van der Waals surface area contributed by atoms with E-state index in [1.807, 2.05) is 24.4 Å². The van der Waals surface area contributed by atoms with Gasteiger partial charge in [0.2, 0.25) is 5.91 Å². The summed E-state index contributed by atoms with van der Waals surface area (Å²) in [5, 5.41) is 4.61. The van der Waals surface area contributed by atoms with E-state index in [-0.39, 0.29) is 17.7 Å². The molecule has 9 heteroatoms. The van der Waals surface area contributed by atoms with Gasteiger partial charge in [0.1, 0.15) is 5.69 Å². The molecule has 2 amide bonds. The van der Waals surface area contributed by atoms with E-state index in [1.165, 1.54) is 0 Å². The summed E-state index contributed by atoms with van der Waals surface area (Å²) in [5.74, 6) is -7.92. The molecule has 0 aliphatic carbocycles. The Bertz CT molecular complexity index is 1110. The Kier molecular flexibility index (Phi) is 6.96. The van der Waals surface area contributed by atoms with Crippen molar-refractivity contribution in [1.82, 2.24) is 0 Å². The third-order valence-corrected chi connectivity index (χ3v) is 5.26. The fraction of sp³-hybridized carbons (Fsp3) is 0.0909. The van der Waals surface area contributed by atoms with E-state index >= 15 is 0 Å². The van der Waals surface area contributed by atoms with Crippen LogP contribution >= 0.6 is 11.8 Å². The lowest BCUT2D eigenvalue weighted by molar-refractivity contribution is -0.113. The molecule has 0 unspecified atom stereocenters. The Morgan fingerprint density at radius 3 is 2.10 bits per heavy atom. The van der Waals surface area contributed by atoms with Crippen molar-refractivity contribution in [3.8, 4) is 0 Å². The first-order valence-corrected chi connectivity index (χ1v) is 9.97. The molecule has 0 spiro atoms. The summed E-state index contributed by atoms with van der Waals surface area (Å²) in [6, 6.07) is 13.8. The number of thioether (sulfide) groups is 1. The van der Waals surface area contributed by atoms with Crippen molar-refractivity contribution in [2.45, 2.75) is 11.8 Å². The summed E-state index contributed by atoms with van der Waals surface area (Å²) < 4.78 is 53.7. The van der Waals surface area contributed by atoms with Crippen LogP contribution in [0.4, 0.5) is 28.9 Å². The molecule has 0 fully saturated rings. The number of benzene rings is 3. The smallest absolute Gasteiger partial charge is 0.255 e. The van der Waals surface area contributed by atoms with Gasteiger partial charge in [-0.25, -0.2) is 17.6 Å². The first kappa shape index (κ1) is 22.4. The molecule has 3 aromatic carbocycles. The average molecular weight is 448 g/mol. The Labute approximate surface area is 179 Å². The molecule has 0 aromatic heterocycles. The quantitative estimate of drug-likeness (QED) is 0.296. The van der Waals surface area contributed by atoms with Gasteiger partial charge in [-0.15, -0.1) is 11.8 Å². The Hall–Kier alpha value is -3.33. The van der Waals surface area contributed by atoms with Gasteiger partial charge in [-0.1, -0.05) is 18.2 Å². The molecule has 0 aliphatic heterocycles. The van der Waals surface area contributed by atoms with Gasteiger partial charge in [0.15, 0.2) is 23.3 Å². The van der Waals surface area contributed by atoms with Crippen LogP contribution in [0.1, 0.15) is 15.9 Å². The van der Waals surface area contributed by atoms with Crippen LogP contribution in [0.3, 0.4) is 0 Å².